The van der Waals surface area contributed by atoms with Crippen LogP contribution in [0.1, 0.15) is 27.9 Å². The van der Waals surface area contributed by atoms with Crippen molar-refractivity contribution in [1.82, 2.24) is 0 Å². The minimum absolute atomic E-state index is 0.232. The van der Waals surface area contributed by atoms with Crippen molar-refractivity contribution in [3.05, 3.63) is 102 Å². The number of hydrogen-bond acceptors (Lipinski definition) is 3. The smallest absolute Gasteiger partial charge is 0.264 e. The lowest BCUT2D eigenvalue weighted by Gasteiger charge is -2.31. The summed E-state index contributed by atoms with van der Waals surface area (Å²) < 4.78 is 28.2. The lowest BCUT2D eigenvalue weighted by atomic mass is 10.0. The summed E-state index contributed by atoms with van der Waals surface area (Å²) in [6.45, 7) is 2.34. The molecule has 0 fully saturated rings. The van der Waals surface area contributed by atoms with Crippen LogP contribution in [0.3, 0.4) is 0 Å². The average Bonchev–Trinajstić information content (AvgIpc) is 2.83. The molecule has 0 atom stereocenters. The first-order valence-corrected chi connectivity index (χ1v) is 12.4. The van der Waals surface area contributed by atoms with Crippen LogP contribution in [0, 0.1) is 6.92 Å². The summed E-state index contributed by atoms with van der Waals surface area (Å²) in [4.78, 5) is 13.2. The summed E-state index contributed by atoms with van der Waals surface area (Å²) in [5.74, 6) is -0.232. The van der Waals surface area contributed by atoms with Gasteiger partial charge in [-0.15, -0.1) is 0 Å². The van der Waals surface area contributed by atoms with Gasteiger partial charge in [0.25, 0.3) is 15.9 Å². The normalized spacial score (nSPS) is 13.5. The van der Waals surface area contributed by atoms with E-state index in [2.05, 4.69) is 5.32 Å². The summed E-state index contributed by atoms with van der Waals surface area (Å²) in [5, 5.41) is 4.99. The molecule has 5 nitrogen and oxygen atoms in total. The number of nitrogens with one attached hydrogen (secondary N) is 1. The van der Waals surface area contributed by atoms with E-state index < -0.39 is 10.0 Å². The van der Waals surface area contributed by atoms with Crippen LogP contribution in [-0.2, 0) is 16.4 Å². The van der Waals surface area contributed by atoms with Gasteiger partial charge in [-0.2, -0.15) is 0 Å². The quantitative estimate of drug-likeness (QED) is 0.438. The number of sulfonamides is 1. The van der Waals surface area contributed by atoms with E-state index in [0.29, 0.717) is 23.5 Å². The van der Waals surface area contributed by atoms with Crippen LogP contribution in [0.5, 0.6) is 0 Å². The van der Waals surface area contributed by atoms with E-state index in [-0.39, 0.29) is 10.8 Å². The van der Waals surface area contributed by atoms with Crippen LogP contribution in [0.2, 0.25) is 0 Å². The Labute approximate surface area is 193 Å². The van der Waals surface area contributed by atoms with Crippen LogP contribution < -0.4 is 9.62 Å². The maximum Gasteiger partial charge on any atom is 0.264 e. The Balaban J connectivity index is 1.45. The van der Waals surface area contributed by atoms with E-state index in [1.807, 2.05) is 55.5 Å². The molecule has 1 heterocycles. The molecule has 1 aliphatic heterocycles. The topological polar surface area (TPSA) is 66.5 Å². The van der Waals surface area contributed by atoms with Gasteiger partial charge in [-0.05, 0) is 72.5 Å². The lowest BCUT2D eigenvalue weighted by molar-refractivity contribution is 0.102. The minimum atomic E-state index is -3.69. The molecule has 33 heavy (non-hydrogen) atoms. The Bertz CT molecular complexity index is 1460. The van der Waals surface area contributed by atoms with Crippen molar-refractivity contribution in [2.24, 2.45) is 0 Å². The second-order valence-electron chi connectivity index (χ2n) is 8.35. The molecule has 1 N–H and O–H groups in total. The highest BCUT2D eigenvalue weighted by atomic mass is 32.2. The molecule has 4 aromatic carbocycles. The summed E-state index contributed by atoms with van der Waals surface area (Å²) in [5.41, 5.74) is 3.71. The lowest BCUT2D eigenvalue weighted by Crippen LogP contribution is -2.35. The summed E-state index contributed by atoms with van der Waals surface area (Å²) in [6, 6.07) is 25.9. The van der Waals surface area contributed by atoms with Crippen molar-refractivity contribution in [3.63, 3.8) is 0 Å². The zero-order valence-corrected chi connectivity index (χ0v) is 19.1. The molecule has 1 amide bonds. The second kappa shape index (κ2) is 8.37. The van der Waals surface area contributed by atoms with Crippen LogP contribution in [0.15, 0.2) is 89.8 Å². The predicted molar refractivity (Wildman–Crippen MR) is 132 cm³/mol. The molecule has 0 aliphatic carbocycles. The fraction of sp³-hybridized carbons (Fsp3) is 0.148. The van der Waals surface area contributed by atoms with E-state index in [4.69, 9.17) is 0 Å². The molecule has 0 bridgehead atoms. The van der Waals surface area contributed by atoms with Crippen LogP contribution in [0.4, 0.5) is 11.4 Å². The maximum atomic E-state index is 13.4. The maximum absolute atomic E-state index is 13.4. The van der Waals surface area contributed by atoms with Crippen molar-refractivity contribution in [2.45, 2.75) is 24.7 Å². The van der Waals surface area contributed by atoms with Gasteiger partial charge in [0, 0.05) is 17.8 Å². The molecule has 0 spiro atoms. The minimum Gasteiger partial charge on any atom is -0.322 e. The van der Waals surface area contributed by atoms with E-state index in [1.54, 1.807) is 36.4 Å². The summed E-state index contributed by atoms with van der Waals surface area (Å²) >= 11 is 0. The second-order valence-corrected chi connectivity index (χ2v) is 10.2. The molecular weight excluding hydrogens is 432 g/mol. The van der Waals surface area contributed by atoms with Gasteiger partial charge in [0.15, 0.2) is 0 Å². The standard InChI is InChI=1S/C27H24N2O3S/c1-19-8-14-25(15-9-19)33(31,32)29-16-4-7-21-12-13-24(18-26(21)29)28-27(30)23-11-10-20-5-2-3-6-22(20)17-23/h2-3,5-6,8-15,17-18H,4,7,16H2,1H3,(H,28,30). The molecule has 0 saturated heterocycles. The Kier molecular flexibility index (Phi) is 5.38. The van der Waals surface area contributed by atoms with Crippen LogP contribution >= 0.6 is 0 Å². The molecule has 0 saturated carbocycles. The summed E-state index contributed by atoms with van der Waals surface area (Å²) in [6.07, 6.45) is 1.55. The SMILES string of the molecule is Cc1ccc(S(=O)(=O)N2CCCc3ccc(NC(=O)c4ccc5ccccc5c4)cc32)cc1. The van der Waals surface area contributed by atoms with Crippen LogP contribution in [-0.4, -0.2) is 20.9 Å². The zero-order valence-electron chi connectivity index (χ0n) is 18.3. The number of carbonyl (C=O) groups is 1. The van der Waals surface area contributed by atoms with Gasteiger partial charge in [-0.25, -0.2) is 8.42 Å². The van der Waals surface area contributed by atoms with Gasteiger partial charge in [-0.1, -0.05) is 54.1 Å². The molecule has 6 heteroatoms. The summed E-state index contributed by atoms with van der Waals surface area (Å²) in [7, 11) is -3.69. The molecule has 0 unspecified atom stereocenters. The molecular formula is C27H24N2O3S. The molecule has 4 aromatic rings. The Morgan fingerprint density at radius 3 is 2.42 bits per heavy atom. The zero-order chi connectivity index (χ0) is 23.0. The Morgan fingerprint density at radius 1 is 0.879 bits per heavy atom. The third kappa shape index (κ3) is 4.10. The first-order valence-electron chi connectivity index (χ1n) is 10.9. The van der Waals surface area contributed by atoms with Crippen molar-refractivity contribution < 1.29 is 13.2 Å². The van der Waals surface area contributed by atoms with Crippen LogP contribution in [0.25, 0.3) is 10.8 Å². The Hall–Kier alpha value is -3.64. The highest BCUT2D eigenvalue weighted by molar-refractivity contribution is 7.92. The van der Waals surface area contributed by atoms with E-state index in [0.717, 1.165) is 34.7 Å². The van der Waals surface area contributed by atoms with Gasteiger partial charge < -0.3 is 5.32 Å². The monoisotopic (exact) mass is 456 g/mol. The first kappa shape index (κ1) is 21.2. The van der Waals surface area contributed by atoms with Gasteiger partial charge in [-0.3, -0.25) is 9.10 Å². The number of benzene rings is 4. The van der Waals surface area contributed by atoms with E-state index in [9.17, 15) is 13.2 Å². The van der Waals surface area contributed by atoms with Crippen molar-refractivity contribution in [3.8, 4) is 0 Å². The van der Waals surface area contributed by atoms with Gasteiger partial charge >= 0.3 is 0 Å². The number of anilines is 2. The number of rotatable bonds is 4. The van der Waals surface area contributed by atoms with Gasteiger partial charge in [0.05, 0.1) is 10.6 Å². The highest BCUT2D eigenvalue weighted by Gasteiger charge is 2.29. The van der Waals surface area contributed by atoms with Crippen molar-refractivity contribution >= 4 is 38.1 Å². The number of nitrogens with zero attached hydrogens (tertiary/aromatic N) is 1. The molecule has 166 valence electrons. The highest BCUT2D eigenvalue weighted by Crippen LogP contribution is 2.34. The van der Waals surface area contributed by atoms with E-state index in [1.165, 1.54) is 4.31 Å². The first-order chi connectivity index (χ1) is 15.9. The van der Waals surface area contributed by atoms with Gasteiger partial charge in [0.1, 0.15) is 0 Å². The molecule has 1 aliphatic rings. The number of carbonyl (C=O) groups excluding carboxylic acids is 1. The third-order valence-electron chi connectivity index (χ3n) is 6.04. The molecule has 0 radical (unpaired) electrons. The number of fused-ring (bicyclic) bond motifs is 2. The average molecular weight is 457 g/mol. The fourth-order valence-electron chi connectivity index (χ4n) is 4.24. The largest absolute Gasteiger partial charge is 0.322 e. The number of aryl methyl sites for hydroxylation is 2. The van der Waals surface area contributed by atoms with E-state index >= 15 is 0 Å². The number of amides is 1. The third-order valence-corrected chi connectivity index (χ3v) is 7.87. The number of hydrogen-bond donors (Lipinski definition) is 1. The Morgan fingerprint density at radius 2 is 1.64 bits per heavy atom. The predicted octanol–water partition coefficient (Wildman–Crippen LogP) is 5.54. The fourth-order valence-corrected chi connectivity index (χ4v) is 5.77. The van der Waals surface area contributed by atoms with Crippen molar-refractivity contribution in [2.75, 3.05) is 16.2 Å². The van der Waals surface area contributed by atoms with Gasteiger partial charge in [0.2, 0.25) is 0 Å². The molecule has 5 rings (SSSR count). The van der Waals surface area contributed by atoms with Crippen molar-refractivity contribution in [1.29, 1.82) is 0 Å². The molecule has 0 aromatic heterocycles.